The highest BCUT2D eigenvalue weighted by Crippen LogP contribution is 2.61. The zero-order chi connectivity index (χ0) is 35.6. The predicted molar refractivity (Wildman–Crippen MR) is 183 cm³/mol. The Balaban J connectivity index is 1.45. The van der Waals surface area contributed by atoms with Gasteiger partial charge >= 0.3 is 6.18 Å². The van der Waals surface area contributed by atoms with E-state index in [4.69, 9.17) is 4.74 Å². The second-order valence-corrected chi connectivity index (χ2v) is 15.6. The van der Waals surface area contributed by atoms with Gasteiger partial charge in [-0.2, -0.15) is 18.2 Å². The summed E-state index contributed by atoms with van der Waals surface area (Å²) in [6.45, 7) is 7.95. The molecule has 0 unspecified atom stereocenters. The van der Waals surface area contributed by atoms with Crippen molar-refractivity contribution in [1.82, 2.24) is 20.2 Å². The molecule has 9 nitrogen and oxygen atoms in total. The summed E-state index contributed by atoms with van der Waals surface area (Å²) in [5.41, 5.74) is 1.38. The fourth-order valence-electron chi connectivity index (χ4n) is 6.95. The minimum atomic E-state index is -4.32. The number of sulfonamides is 1. The SMILES string of the molecule is Cc1cccc(C)c1-c1cc(OC[C@@H](CC2(C(F)(F)F)CC2)N(C)C2CCC(NC(C)C)CC2)nc(NS(=O)(=O)c2cccc(C=O)c2)n1. The van der Waals surface area contributed by atoms with Crippen molar-refractivity contribution in [1.29, 1.82) is 0 Å². The number of aromatic nitrogens is 2. The molecule has 0 aliphatic heterocycles. The molecule has 0 amide bonds. The van der Waals surface area contributed by atoms with Gasteiger partial charge in [-0.3, -0.25) is 9.69 Å². The molecule has 1 aromatic heterocycles. The standard InChI is InChI=1S/C36H46F3N5O4S/c1-23(2)40-27-12-14-28(15-13-27)44(5)29(20-35(16-17-35)36(37,38)39)22-48-32-19-31(33-24(3)8-6-9-25(33)4)41-34(42-32)43-49(46,47)30-11-7-10-26(18-30)21-45/h6-11,18-19,21,23,27-29,40H,12-17,20,22H2,1-5H3,(H,41,42,43)/t27?,28?,29-/m1/s1. The van der Waals surface area contributed by atoms with Crippen molar-refractivity contribution in [3.63, 3.8) is 0 Å². The van der Waals surface area contributed by atoms with Gasteiger partial charge in [0.05, 0.1) is 16.0 Å². The van der Waals surface area contributed by atoms with Crippen molar-refractivity contribution in [2.24, 2.45) is 5.41 Å². The van der Waals surface area contributed by atoms with E-state index in [9.17, 15) is 26.4 Å². The van der Waals surface area contributed by atoms with Gasteiger partial charge in [-0.1, -0.05) is 44.2 Å². The molecule has 2 aromatic carbocycles. The van der Waals surface area contributed by atoms with Crippen LogP contribution >= 0.6 is 0 Å². The van der Waals surface area contributed by atoms with Gasteiger partial charge in [-0.05, 0) is 89.1 Å². The number of rotatable bonds is 14. The van der Waals surface area contributed by atoms with E-state index in [1.54, 1.807) is 6.07 Å². The van der Waals surface area contributed by atoms with Crippen LogP contribution in [0, 0.1) is 19.3 Å². The molecule has 1 atom stereocenters. The van der Waals surface area contributed by atoms with Crippen LogP contribution in [0.5, 0.6) is 5.88 Å². The van der Waals surface area contributed by atoms with Crippen molar-refractivity contribution < 1.29 is 31.1 Å². The van der Waals surface area contributed by atoms with Crippen LogP contribution in [0.2, 0.25) is 0 Å². The molecule has 5 rings (SSSR count). The number of anilines is 1. The van der Waals surface area contributed by atoms with Gasteiger partial charge in [0.25, 0.3) is 10.0 Å². The van der Waals surface area contributed by atoms with Crippen molar-refractivity contribution in [2.45, 2.75) is 108 Å². The Morgan fingerprint density at radius 2 is 1.67 bits per heavy atom. The van der Waals surface area contributed by atoms with Crippen LogP contribution in [0.4, 0.5) is 19.1 Å². The molecule has 2 saturated carbocycles. The van der Waals surface area contributed by atoms with Gasteiger partial charge in [0.2, 0.25) is 11.8 Å². The van der Waals surface area contributed by atoms with Crippen molar-refractivity contribution in [3.05, 3.63) is 65.2 Å². The lowest BCUT2D eigenvalue weighted by Crippen LogP contribution is -2.49. The van der Waals surface area contributed by atoms with Gasteiger partial charge in [0, 0.05) is 41.4 Å². The molecular formula is C36H46F3N5O4S. The summed E-state index contributed by atoms with van der Waals surface area (Å²) >= 11 is 0. The zero-order valence-corrected chi connectivity index (χ0v) is 29.5. The Bertz CT molecular complexity index is 1720. The molecule has 1 heterocycles. The number of alkyl halides is 3. The summed E-state index contributed by atoms with van der Waals surface area (Å²) in [5.74, 6) is -0.228. The molecule has 49 heavy (non-hydrogen) atoms. The summed E-state index contributed by atoms with van der Waals surface area (Å²) < 4.78 is 78.1. The molecule has 2 fully saturated rings. The third kappa shape index (κ3) is 8.79. The van der Waals surface area contributed by atoms with Crippen molar-refractivity contribution in [3.8, 4) is 17.1 Å². The summed E-state index contributed by atoms with van der Waals surface area (Å²) in [5, 5.41) is 3.58. The monoisotopic (exact) mass is 701 g/mol. The maximum absolute atomic E-state index is 14.2. The van der Waals surface area contributed by atoms with Crippen molar-refractivity contribution in [2.75, 3.05) is 18.4 Å². The predicted octanol–water partition coefficient (Wildman–Crippen LogP) is 7.09. The first kappa shape index (κ1) is 36.7. The molecule has 0 radical (unpaired) electrons. The van der Waals surface area contributed by atoms with Gasteiger partial charge in [0.1, 0.15) is 12.9 Å². The number of carbonyl (C=O) groups is 1. The van der Waals surface area contributed by atoms with Crippen LogP contribution in [0.3, 0.4) is 0 Å². The maximum Gasteiger partial charge on any atom is 0.394 e. The van der Waals surface area contributed by atoms with E-state index in [-0.39, 0.29) is 54.2 Å². The Labute approximate surface area is 287 Å². The summed E-state index contributed by atoms with van der Waals surface area (Å²) in [6.07, 6.45) is -0.0862. The highest BCUT2D eigenvalue weighted by atomic mass is 32.2. The Morgan fingerprint density at radius 3 is 2.27 bits per heavy atom. The van der Waals surface area contributed by atoms with Gasteiger partial charge in [0.15, 0.2) is 0 Å². The van der Waals surface area contributed by atoms with Gasteiger partial charge < -0.3 is 10.1 Å². The molecule has 266 valence electrons. The molecule has 2 aliphatic rings. The van der Waals surface area contributed by atoms with Crippen LogP contribution in [-0.2, 0) is 10.0 Å². The van der Waals surface area contributed by atoms with E-state index < -0.39 is 27.7 Å². The molecular weight excluding hydrogens is 655 g/mol. The lowest BCUT2D eigenvalue weighted by atomic mass is 9.87. The first-order valence-electron chi connectivity index (χ1n) is 16.8. The van der Waals surface area contributed by atoms with Crippen LogP contribution in [-0.4, -0.2) is 73.6 Å². The lowest BCUT2D eigenvalue weighted by molar-refractivity contribution is -0.193. The summed E-state index contributed by atoms with van der Waals surface area (Å²) in [6, 6.07) is 13.1. The Morgan fingerprint density at radius 1 is 1.02 bits per heavy atom. The van der Waals surface area contributed by atoms with E-state index >= 15 is 0 Å². The molecule has 2 N–H and O–H groups in total. The molecule has 0 saturated heterocycles. The lowest BCUT2D eigenvalue weighted by Gasteiger charge is -2.41. The van der Waals surface area contributed by atoms with Gasteiger partial charge in [-0.15, -0.1) is 0 Å². The minimum Gasteiger partial charge on any atom is -0.476 e. The molecule has 13 heteroatoms. The smallest absolute Gasteiger partial charge is 0.394 e. The quantitative estimate of drug-likeness (QED) is 0.171. The van der Waals surface area contributed by atoms with Crippen LogP contribution < -0.4 is 14.8 Å². The third-order valence-electron chi connectivity index (χ3n) is 9.89. The van der Waals surface area contributed by atoms with Crippen LogP contribution in [0.1, 0.15) is 80.3 Å². The highest BCUT2D eigenvalue weighted by molar-refractivity contribution is 7.92. The number of ether oxygens (including phenoxy) is 1. The van der Waals surface area contributed by atoms with E-state index in [1.165, 1.54) is 24.3 Å². The number of halogens is 3. The first-order chi connectivity index (χ1) is 23.1. The average Bonchev–Trinajstić information content (AvgIpc) is 3.84. The number of likely N-dealkylation sites (N-methyl/N-ethyl adjacent to an activating group) is 1. The van der Waals surface area contributed by atoms with Gasteiger partial charge in [-0.25, -0.2) is 18.1 Å². The highest BCUT2D eigenvalue weighted by Gasteiger charge is 2.63. The average molecular weight is 702 g/mol. The zero-order valence-electron chi connectivity index (χ0n) is 28.7. The first-order valence-corrected chi connectivity index (χ1v) is 18.3. The Hall–Kier alpha value is -3.55. The number of carbonyl (C=O) groups excluding carboxylic acids is 1. The van der Waals surface area contributed by atoms with E-state index in [0.717, 1.165) is 42.4 Å². The number of nitrogens with zero attached hydrogens (tertiary/aromatic N) is 3. The number of nitrogens with one attached hydrogen (secondary N) is 2. The fourth-order valence-corrected chi connectivity index (χ4v) is 7.95. The number of hydrogen-bond donors (Lipinski definition) is 2. The van der Waals surface area contributed by atoms with E-state index in [2.05, 4.69) is 38.8 Å². The van der Waals surface area contributed by atoms with Crippen LogP contribution in [0.15, 0.2) is 53.4 Å². The number of hydrogen-bond acceptors (Lipinski definition) is 8. The topological polar surface area (TPSA) is 114 Å². The number of aldehydes is 1. The number of benzene rings is 2. The largest absolute Gasteiger partial charge is 0.476 e. The second kappa shape index (κ2) is 14.7. The van der Waals surface area contributed by atoms with Crippen molar-refractivity contribution >= 4 is 22.3 Å². The van der Waals surface area contributed by atoms with E-state index in [1.807, 2.05) is 39.1 Å². The molecule has 0 spiro atoms. The molecule has 0 bridgehead atoms. The van der Waals surface area contributed by atoms with Crippen LogP contribution in [0.25, 0.3) is 11.3 Å². The minimum absolute atomic E-state index is 0.0343. The molecule has 3 aromatic rings. The molecule has 2 aliphatic carbocycles. The maximum atomic E-state index is 14.2. The summed E-state index contributed by atoms with van der Waals surface area (Å²) in [7, 11) is -2.33. The fraction of sp³-hybridized carbons (Fsp3) is 0.528. The third-order valence-corrected chi connectivity index (χ3v) is 11.2. The number of aryl methyl sites for hydroxylation is 2. The normalized spacial score (nSPS) is 19.9. The van der Waals surface area contributed by atoms with E-state index in [0.29, 0.717) is 24.1 Å². The second-order valence-electron chi connectivity index (χ2n) is 13.9. The Kier molecular flexibility index (Phi) is 11.0. The summed E-state index contributed by atoms with van der Waals surface area (Å²) in [4.78, 5) is 22.1.